The summed E-state index contributed by atoms with van der Waals surface area (Å²) in [4.78, 5) is 8.78. The standard InChI is InChI=1S/C16H19N3/c1-11-10-18-16(17-2)19-15(11)14-8-6-13(7-9-14)12-4-3-5-12/h6-10,12H,3-5H2,1-2H3,(H,17,18,19). The van der Waals surface area contributed by atoms with Gasteiger partial charge in [0.2, 0.25) is 5.95 Å². The van der Waals surface area contributed by atoms with Crippen molar-refractivity contribution < 1.29 is 0 Å². The molecule has 0 spiro atoms. The lowest BCUT2D eigenvalue weighted by Gasteiger charge is -2.25. The maximum absolute atomic E-state index is 4.55. The van der Waals surface area contributed by atoms with Gasteiger partial charge in [0.15, 0.2) is 0 Å². The quantitative estimate of drug-likeness (QED) is 0.905. The van der Waals surface area contributed by atoms with Crippen LogP contribution in [-0.2, 0) is 0 Å². The molecule has 0 bridgehead atoms. The van der Waals surface area contributed by atoms with E-state index in [1.165, 1.54) is 30.4 Å². The number of hydrogen-bond donors (Lipinski definition) is 1. The van der Waals surface area contributed by atoms with Crippen molar-refractivity contribution in [1.29, 1.82) is 0 Å². The van der Waals surface area contributed by atoms with Crippen LogP contribution in [0.3, 0.4) is 0 Å². The van der Waals surface area contributed by atoms with E-state index in [-0.39, 0.29) is 0 Å². The van der Waals surface area contributed by atoms with E-state index in [1.807, 2.05) is 13.2 Å². The summed E-state index contributed by atoms with van der Waals surface area (Å²) in [5.41, 5.74) is 4.75. The SMILES string of the molecule is CNc1ncc(C)c(-c2ccc(C3CCC3)cc2)n1. The average molecular weight is 253 g/mol. The highest BCUT2D eigenvalue weighted by Gasteiger charge is 2.19. The van der Waals surface area contributed by atoms with Crippen LogP contribution in [0.4, 0.5) is 5.95 Å². The van der Waals surface area contributed by atoms with Crippen LogP contribution in [0.1, 0.15) is 36.3 Å². The first-order valence-electron chi connectivity index (χ1n) is 6.89. The van der Waals surface area contributed by atoms with Crippen LogP contribution in [0.5, 0.6) is 0 Å². The van der Waals surface area contributed by atoms with Crippen molar-refractivity contribution in [3.05, 3.63) is 41.6 Å². The summed E-state index contributed by atoms with van der Waals surface area (Å²) >= 11 is 0. The van der Waals surface area contributed by atoms with E-state index in [0.29, 0.717) is 5.95 Å². The smallest absolute Gasteiger partial charge is 0.222 e. The van der Waals surface area contributed by atoms with Gasteiger partial charge in [-0.1, -0.05) is 30.7 Å². The van der Waals surface area contributed by atoms with Gasteiger partial charge in [0.1, 0.15) is 0 Å². The molecule has 3 heteroatoms. The predicted molar refractivity (Wildman–Crippen MR) is 78.3 cm³/mol. The van der Waals surface area contributed by atoms with Crippen LogP contribution in [0.15, 0.2) is 30.5 Å². The highest BCUT2D eigenvalue weighted by Crippen LogP contribution is 2.37. The molecule has 0 amide bonds. The van der Waals surface area contributed by atoms with Crippen molar-refractivity contribution in [3.8, 4) is 11.3 Å². The fourth-order valence-corrected chi connectivity index (χ4v) is 2.51. The van der Waals surface area contributed by atoms with E-state index in [2.05, 4.69) is 46.5 Å². The molecule has 19 heavy (non-hydrogen) atoms. The van der Waals surface area contributed by atoms with Gasteiger partial charge in [0.05, 0.1) is 5.69 Å². The van der Waals surface area contributed by atoms with Gasteiger partial charge in [0, 0.05) is 18.8 Å². The summed E-state index contributed by atoms with van der Waals surface area (Å²) in [5, 5.41) is 2.99. The zero-order chi connectivity index (χ0) is 13.2. The lowest BCUT2D eigenvalue weighted by atomic mass is 9.80. The molecule has 1 heterocycles. The summed E-state index contributed by atoms with van der Waals surface area (Å²) in [6.45, 7) is 2.05. The molecule has 1 aliphatic carbocycles. The average Bonchev–Trinajstić information content (AvgIpc) is 2.38. The number of nitrogens with one attached hydrogen (secondary N) is 1. The number of anilines is 1. The zero-order valence-electron chi connectivity index (χ0n) is 11.5. The van der Waals surface area contributed by atoms with Gasteiger partial charge in [0.25, 0.3) is 0 Å². The van der Waals surface area contributed by atoms with E-state index in [0.717, 1.165) is 17.2 Å². The largest absolute Gasteiger partial charge is 0.357 e. The molecule has 1 fully saturated rings. The number of rotatable bonds is 3. The Morgan fingerprint density at radius 3 is 2.47 bits per heavy atom. The second-order valence-electron chi connectivity index (χ2n) is 5.23. The summed E-state index contributed by atoms with van der Waals surface area (Å²) in [7, 11) is 1.84. The van der Waals surface area contributed by atoms with Gasteiger partial charge >= 0.3 is 0 Å². The summed E-state index contributed by atoms with van der Waals surface area (Å²) in [6.07, 6.45) is 5.93. The van der Waals surface area contributed by atoms with Crippen LogP contribution in [0.25, 0.3) is 11.3 Å². The van der Waals surface area contributed by atoms with Crippen molar-refractivity contribution in [2.45, 2.75) is 32.1 Å². The Bertz CT molecular complexity index is 571. The maximum Gasteiger partial charge on any atom is 0.222 e. The Kier molecular flexibility index (Phi) is 3.20. The van der Waals surface area contributed by atoms with Crippen molar-refractivity contribution in [2.75, 3.05) is 12.4 Å². The predicted octanol–water partition coefficient (Wildman–Crippen LogP) is 3.76. The Morgan fingerprint density at radius 1 is 1.16 bits per heavy atom. The molecule has 0 aliphatic heterocycles. The highest BCUT2D eigenvalue weighted by atomic mass is 15.1. The Hall–Kier alpha value is -1.90. The molecule has 1 aromatic heterocycles. The third-order valence-corrected chi connectivity index (χ3v) is 3.96. The van der Waals surface area contributed by atoms with Gasteiger partial charge in [-0.05, 0) is 36.8 Å². The summed E-state index contributed by atoms with van der Waals surface area (Å²) < 4.78 is 0. The number of nitrogens with zero attached hydrogens (tertiary/aromatic N) is 2. The minimum absolute atomic E-state index is 0.670. The second kappa shape index (κ2) is 5.00. The molecule has 0 atom stereocenters. The first-order chi connectivity index (χ1) is 9.28. The molecule has 1 saturated carbocycles. The first-order valence-corrected chi connectivity index (χ1v) is 6.89. The lowest BCUT2D eigenvalue weighted by Crippen LogP contribution is -2.08. The third kappa shape index (κ3) is 2.33. The van der Waals surface area contributed by atoms with Crippen LogP contribution in [0, 0.1) is 6.92 Å². The molecule has 0 saturated heterocycles. The fraction of sp³-hybridized carbons (Fsp3) is 0.375. The molecule has 98 valence electrons. The van der Waals surface area contributed by atoms with E-state index < -0.39 is 0 Å². The zero-order valence-corrected chi connectivity index (χ0v) is 11.5. The minimum Gasteiger partial charge on any atom is -0.357 e. The molecule has 3 nitrogen and oxygen atoms in total. The lowest BCUT2D eigenvalue weighted by molar-refractivity contribution is 0.420. The van der Waals surface area contributed by atoms with Gasteiger partial charge < -0.3 is 5.32 Å². The van der Waals surface area contributed by atoms with E-state index in [1.54, 1.807) is 0 Å². The monoisotopic (exact) mass is 253 g/mol. The highest BCUT2D eigenvalue weighted by molar-refractivity contribution is 5.64. The second-order valence-corrected chi connectivity index (χ2v) is 5.23. The molecule has 3 rings (SSSR count). The molecule has 0 unspecified atom stereocenters. The third-order valence-electron chi connectivity index (χ3n) is 3.96. The van der Waals surface area contributed by atoms with Crippen molar-refractivity contribution >= 4 is 5.95 Å². The topological polar surface area (TPSA) is 37.8 Å². The van der Waals surface area contributed by atoms with E-state index in [9.17, 15) is 0 Å². The van der Waals surface area contributed by atoms with Crippen LogP contribution in [-0.4, -0.2) is 17.0 Å². The molecule has 1 N–H and O–H groups in total. The van der Waals surface area contributed by atoms with Gasteiger partial charge in [-0.15, -0.1) is 0 Å². The number of benzene rings is 1. The molecular weight excluding hydrogens is 234 g/mol. The Labute approximate surface area is 114 Å². The molecule has 2 aromatic rings. The van der Waals surface area contributed by atoms with Crippen LogP contribution < -0.4 is 5.32 Å². The van der Waals surface area contributed by atoms with Crippen molar-refractivity contribution in [3.63, 3.8) is 0 Å². The number of aromatic nitrogens is 2. The Morgan fingerprint density at radius 2 is 1.89 bits per heavy atom. The Balaban J connectivity index is 1.92. The number of aryl methyl sites for hydroxylation is 1. The van der Waals surface area contributed by atoms with Crippen LogP contribution in [0.2, 0.25) is 0 Å². The van der Waals surface area contributed by atoms with Gasteiger partial charge in [-0.25, -0.2) is 9.97 Å². The fourth-order valence-electron chi connectivity index (χ4n) is 2.51. The maximum atomic E-state index is 4.55. The first kappa shape index (κ1) is 12.2. The van der Waals surface area contributed by atoms with Crippen molar-refractivity contribution in [2.24, 2.45) is 0 Å². The van der Waals surface area contributed by atoms with Crippen molar-refractivity contribution in [1.82, 2.24) is 9.97 Å². The molecular formula is C16H19N3. The van der Waals surface area contributed by atoms with Gasteiger partial charge in [-0.2, -0.15) is 0 Å². The molecule has 1 aliphatic rings. The number of hydrogen-bond acceptors (Lipinski definition) is 3. The van der Waals surface area contributed by atoms with E-state index in [4.69, 9.17) is 0 Å². The van der Waals surface area contributed by atoms with Crippen LogP contribution >= 0.6 is 0 Å². The summed E-state index contributed by atoms with van der Waals surface area (Å²) in [5.74, 6) is 1.46. The minimum atomic E-state index is 0.670. The normalized spacial score (nSPS) is 15.1. The molecule has 1 aromatic carbocycles. The molecule has 0 radical (unpaired) electrons. The van der Waals surface area contributed by atoms with E-state index >= 15 is 0 Å². The van der Waals surface area contributed by atoms with Gasteiger partial charge in [-0.3, -0.25) is 0 Å². The summed E-state index contributed by atoms with van der Waals surface area (Å²) in [6, 6.07) is 8.87.